The second kappa shape index (κ2) is 13.2. The van der Waals surface area contributed by atoms with Gasteiger partial charge in [-0.05, 0) is 64.0 Å². The van der Waals surface area contributed by atoms with Crippen LogP contribution in [0, 0.1) is 5.82 Å². The van der Waals surface area contributed by atoms with Crippen molar-refractivity contribution in [3.63, 3.8) is 0 Å². The number of nitrogens with one attached hydrogen (secondary N) is 2. The summed E-state index contributed by atoms with van der Waals surface area (Å²) in [6, 6.07) is 26.9. The molecule has 0 aliphatic rings. The molecule has 1 heterocycles. The van der Waals surface area contributed by atoms with E-state index in [-0.39, 0.29) is 18.3 Å². The first-order valence-corrected chi connectivity index (χ1v) is 14.1. The van der Waals surface area contributed by atoms with Gasteiger partial charge in [0, 0.05) is 27.8 Å². The Bertz CT molecular complexity index is 1680. The van der Waals surface area contributed by atoms with Crippen molar-refractivity contribution in [2.75, 3.05) is 12.4 Å². The number of aromatic nitrogens is 1. The van der Waals surface area contributed by atoms with Crippen molar-refractivity contribution in [3.8, 4) is 22.8 Å². The van der Waals surface area contributed by atoms with Gasteiger partial charge in [-0.3, -0.25) is 4.79 Å². The Morgan fingerprint density at radius 2 is 1.80 bits per heavy atom. The molecule has 0 saturated carbocycles. The Balaban J connectivity index is 1.19. The Labute approximate surface area is 248 Å². The van der Waals surface area contributed by atoms with Gasteiger partial charge in [0.2, 0.25) is 0 Å². The molecule has 1 amide bonds. The summed E-state index contributed by atoms with van der Waals surface area (Å²) in [6.07, 6.45) is 1.50. The van der Waals surface area contributed by atoms with Crippen LogP contribution in [0.2, 0.25) is 0 Å². The third-order valence-corrected chi connectivity index (χ3v) is 7.28. The standard InChI is InChI=1S/C31H24BrFN4O3S/c1-39-28-16-20(15-25(32)29(28)40-18-23-7-5-6-10-26(23)33)17-34-37-30(38)22-13-11-21(12-14-22)27-19-41-31(36-27)35-24-8-3-2-4-9-24/h2-17,19H,18H2,1H3,(H,35,36)(H,37,38)/b34-17-. The van der Waals surface area contributed by atoms with Gasteiger partial charge in [-0.25, -0.2) is 14.8 Å². The fraction of sp³-hybridized carbons (Fsp3) is 0.0645. The van der Waals surface area contributed by atoms with Gasteiger partial charge in [0.25, 0.3) is 5.91 Å². The van der Waals surface area contributed by atoms with E-state index in [9.17, 15) is 9.18 Å². The average Bonchev–Trinajstić information content (AvgIpc) is 3.46. The van der Waals surface area contributed by atoms with Crippen LogP contribution in [0.1, 0.15) is 21.5 Å². The number of anilines is 2. The van der Waals surface area contributed by atoms with Crippen molar-refractivity contribution in [1.29, 1.82) is 0 Å². The predicted molar refractivity (Wildman–Crippen MR) is 164 cm³/mol. The van der Waals surface area contributed by atoms with Crippen molar-refractivity contribution in [2.24, 2.45) is 5.10 Å². The third kappa shape index (κ3) is 7.16. The van der Waals surface area contributed by atoms with Crippen molar-refractivity contribution in [3.05, 3.63) is 123 Å². The molecule has 5 aromatic rings. The Hall–Kier alpha value is -4.54. The molecule has 0 radical (unpaired) electrons. The minimum Gasteiger partial charge on any atom is -0.493 e. The number of nitrogens with zero attached hydrogens (tertiary/aromatic N) is 2. The lowest BCUT2D eigenvalue weighted by Gasteiger charge is -2.14. The van der Waals surface area contributed by atoms with E-state index in [1.165, 1.54) is 30.7 Å². The molecule has 0 aliphatic heterocycles. The van der Waals surface area contributed by atoms with Crippen LogP contribution in [0.15, 0.2) is 106 Å². The van der Waals surface area contributed by atoms with Crippen molar-refractivity contribution in [1.82, 2.24) is 10.4 Å². The van der Waals surface area contributed by atoms with Crippen LogP contribution in [0.5, 0.6) is 11.5 Å². The summed E-state index contributed by atoms with van der Waals surface area (Å²) in [5.41, 5.74) is 6.77. The molecular weight excluding hydrogens is 607 g/mol. The van der Waals surface area contributed by atoms with Gasteiger partial charge >= 0.3 is 0 Å². The van der Waals surface area contributed by atoms with Gasteiger partial charge in [-0.2, -0.15) is 5.10 Å². The lowest BCUT2D eigenvalue weighted by molar-refractivity contribution is 0.0955. The molecule has 2 N–H and O–H groups in total. The van der Waals surface area contributed by atoms with E-state index in [2.05, 4.69) is 36.8 Å². The number of carbonyl (C=O) groups is 1. The minimum atomic E-state index is -0.353. The normalized spacial score (nSPS) is 10.9. The number of hydrazone groups is 1. The number of hydrogen-bond acceptors (Lipinski definition) is 7. The molecule has 10 heteroatoms. The van der Waals surface area contributed by atoms with Crippen LogP contribution < -0.4 is 20.2 Å². The highest BCUT2D eigenvalue weighted by Gasteiger charge is 2.13. The molecule has 0 unspecified atom stereocenters. The quantitative estimate of drug-likeness (QED) is 0.121. The Kier molecular flexibility index (Phi) is 9.02. The summed E-state index contributed by atoms with van der Waals surface area (Å²) >= 11 is 4.99. The Morgan fingerprint density at radius 3 is 2.56 bits per heavy atom. The molecule has 5 rings (SSSR count). The number of thiazole rings is 1. The fourth-order valence-electron chi connectivity index (χ4n) is 3.85. The summed E-state index contributed by atoms with van der Waals surface area (Å²) < 4.78 is 25.8. The highest BCUT2D eigenvalue weighted by molar-refractivity contribution is 9.10. The number of rotatable bonds is 10. The van der Waals surface area contributed by atoms with Crippen LogP contribution in [-0.2, 0) is 6.61 Å². The zero-order valence-electron chi connectivity index (χ0n) is 21.8. The van der Waals surface area contributed by atoms with Gasteiger partial charge in [0.15, 0.2) is 16.6 Å². The van der Waals surface area contributed by atoms with Crippen molar-refractivity contribution >= 4 is 50.2 Å². The lowest BCUT2D eigenvalue weighted by Crippen LogP contribution is -2.17. The van der Waals surface area contributed by atoms with E-state index in [4.69, 9.17) is 9.47 Å². The largest absolute Gasteiger partial charge is 0.493 e. The molecule has 0 fully saturated rings. The summed E-state index contributed by atoms with van der Waals surface area (Å²) in [5.74, 6) is 0.168. The van der Waals surface area contributed by atoms with Gasteiger partial charge < -0.3 is 14.8 Å². The number of methoxy groups -OCH3 is 1. The molecule has 0 bridgehead atoms. The number of para-hydroxylation sites is 1. The first kappa shape index (κ1) is 28.0. The molecule has 0 saturated heterocycles. The molecule has 0 aliphatic carbocycles. The van der Waals surface area contributed by atoms with Crippen molar-refractivity contribution < 1.29 is 18.7 Å². The van der Waals surface area contributed by atoms with Crippen LogP contribution in [-0.4, -0.2) is 24.2 Å². The van der Waals surface area contributed by atoms with Gasteiger partial charge in [-0.15, -0.1) is 11.3 Å². The van der Waals surface area contributed by atoms with E-state index in [1.54, 1.807) is 42.5 Å². The third-order valence-electron chi connectivity index (χ3n) is 5.93. The first-order chi connectivity index (χ1) is 20.0. The smallest absolute Gasteiger partial charge is 0.271 e. The monoisotopic (exact) mass is 630 g/mol. The lowest BCUT2D eigenvalue weighted by atomic mass is 10.1. The highest BCUT2D eigenvalue weighted by atomic mass is 79.9. The maximum atomic E-state index is 14.0. The zero-order valence-corrected chi connectivity index (χ0v) is 24.2. The number of carbonyl (C=O) groups excluding carboxylic acids is 1. The molecule has 41 heavy (non-hydrogen) atoms. The number of benzene rings is 4. The highest BCUT2D eigenvalue weighted by Crippen LogP contribution is 2.37. The average molecular weight is 632 g/mol. The number of hydrogen-bond donors (Lipinski definition) is 2. The maximum absolute atomic E-state index is 14.0. The SMILES string of the molecule is COc1cc(/C=N\NC(=O)c2ccc(-c3csc(Nc4ccccc4)n3)cc2)cc(Br)c1OCc1ccccc1F. The first-order valence-electron chi connectivity index (χ1n) is 12.5. The van der Waals surface area contributed by atoms with Crippen LogP contribution in [0.25, 0.3) is 11.3 Å². The summed E-state index contributed by atoms with van der Waals surface area (Å²) in [5, 5.41) is 10.1. The molecule has 0 spiro atoms. The summed E-state index contributed by atoms with van der Waals surface area (Å²) in [7, 11) is 1.51. The number of amides is 1. The topological polar surface area (TPSA) is 84.8 Å². The molecule has 7 nitrogen and oxygen atoms in total. The van der Waals surface area contributed by atoms with Gasteiger partial charge in [0.1, 0.15) is 12.4 Å². The maximum Gasteiger partial charge on any atom is 0.271 e. The second-order valence-corrected chi connectivity index (χ2v) is 10.4. The van der Waals surface area contributed by atoms with Gasteiger partial charge in [-0.1, -0.05) is 48.5 Å². The van der Waals surface area contributed by atoms with Crippen LogP contribution >= 0.6 is 27.3 Å². The predicted octanol–water partition coefficient (Wildman–Crippen LogP) is 7.81. The fourth-order valence-corrected chi connectivity index (χ4v) is 5.16. The van der Waals surface area contributed by atoms with Crippen molar-refractivity contribution in [2.45, 2.75) is 6.61 Å². The molecule has 0 atom stereocenters. The zero-order chi connectivity index (χ0) is 28.6. The van der Waals surface area contributed by atoms with E-state index in [1.807, 2.05) is 47.8 Å². The molecule has 206 valence electrons. The number of halogens is 2. The summed E-state index contributed by atoms with van der Waals surface area (Å²) in [4.78, 5) is 17.3. The molecule has 1 aromatic heterocycles. The Morgan fingerprint density at radius 1 is 1.05 bits per heavy atom. The van der Waals surface area contributed by atoms with Crippen LogP contribution in [0.4, 0.5) is 15.2 Å². The van der Waals surface area contributed by atoms with Gasteiger partial charge in [0.05, 0.1) is 23.5 Å². The summed E-state index contributed by atoms with van der Waals surface area (Å²) in [6.45, 7) is 0.0398. The molecular formula is C31H24BrFN4O3S. The van der Waals surface area contributed by atoms with E-state index >= 15 is 0 Å². The molecule has 4 aromatic carbocycles. The number of ether oxygens (including phenoxy) is 2. The van der Waals surface area contributed by atoms with E-state index < -0.39 is 0 Å². The minimum absolute atomic E-state index is 0.0398. The second-order valence-electron chi connectivity index (χ2n) is 8.72. The van der Waals surface area contributed by atoms with E-state index in [0.717, 1.165) is 22.1 Å². The van der Waals surface area contributed by atoms with Crippen LogP contribution in [0.3, 0.4) is 0 Å². The van der Waals surface area contributed by atoms with E-state index in [0.29, 0.717) is 32.7 Å².